The molecule has 1 aliphatic rings. The Bertz CT molecular complexity index is 399. The topological polar surface area (TPSA) is 58.6 Å². The molecule has 1 saturated heterocycles. The second-order valence-corrected chi connectivity index (χ2v) is 5.13. The Morgan fingerprint density at radius 2 is 2.18 bits per heavy atom. The number of nitrogens with one attached hydrogen (secondary N) is 1. The molecule has 2 N–H and O–H groups in total. The van der Waals surface area contributed by atoms with E-state index in [0.29, 0.717) is 18.6 Å². The summed E-state index contributed by atoms with van der Waals surface area (Å²) >= 11 is 3.31. The third-order valence-electron chi connectivity index (χ3n) is 2.77. The lowest BCUT2D eigenvalue weighted by atomic mass is 10.0. The van der Waals surface area contributed by atoms with Crippen molar-refractivity contribution in [3.8, 4) is 0 Å². The number of ether oxygens (including phenoxy) is 1. The number of hydrogen-bond acceptors (Lipinski definition) is 3. The number of rotatable bonds is 3. The van der Waals surface area contributed by atoms with Crippen LogP contribution in [0, 0.1) is 0 Å². The summed E-state index contributed by atoms with van der Waals surface area (Å²) in [5, 5.41) is 12.7. The predicted octanol–water partition coefficient (Wildman–Crippen LogP) is 1.33. The van der Waals surface area contributed by atoms with Crippen molar-refractivity contribution in [1.29, 1.82) is 0 Å². The van der Waals surface area contributed by atoms with Crippen molar-refractivity contribution in [1.82, 2.24) is 5.32 Å². The average Bonchev–Trinajstić information content (AvgIpc) is 2.75. The van der Waals surface area contributed by atoms with E-state index in [9.17, 15) is 9.90 Å². The highest BCUT2D eigenvalue weighted by atomic mass is 79.9. The van der Waals surface area contributed by atoms with Gasteiger partial charge in [0.2, 0.25) is 0 Å². The Morgan fingerprint density at radius 3 is 2.76 bits per heavy atom. The number of carbonyl (C=O) groups excluding carboxylic acids is 1. The van der Waals surface area contributed by atoms with Crippen molar-refractivity contribution in [3.05, 3.63) is 34.3 Å². The molecule has 1 atom stereocenters. The van der Waals surface area contributed by atoms with E-state index in [-0.39, 0.29) is 19.1 Å². The Balaban J connectivity index is 1.91. The van der Waals surface area contributed by atoms with E-state index >= 15 is 0 Å². The third kappa shape index (κ3) is 3.28. The van der Waals surface area contributed by atoms with E-state index in [4.69, 9.17) is 4.74 Å². The highest BCUT2D eigenvalue weighted by Crippen LogP contribution is 2.17. The van der Waals surface area contributed by atoms with E-state index in [1.165, 1.54) is 0 Å². The van der Waals surface area contributed by atoms with Gasteiger partial charge < -0.3 is 15.2 Å². The predicted molar refractivity (Wildman–Crippen MR) is 66.9 cm³/mol. The van der Waals surface area contributed by atoms with E-state index in [1.807, 2.05) is 12.1 Å². The maximum Gasteiger partial charge on any atom is 0.251 e. The van der Waals surface area contributed by atoms with Gasteiger partial charge >= 0.3 is 0 Å². The molecule has 1 aromatic carbocycles. The van der Waals surface area contributed by atoms with Crippen molar-refractivity contribution in [2.45, 2.75) is 12.0 Å². The Labute approximate surface area is 108 Å². The maximum atomic E-state index is 11.8. The molecule has 0 aliphatic carbocycles. The van der Waals surface area contributed by atoms with Gasteiger partial charge in [-0.15, -0.1) is 0 Å². The summed E-state index contributed by atoms with van der Waals surface area (Å²) < 4.78 is 6.03. The standard InChI is InChI=1S/C12H14BrNO3/c13-10-3-1-9(2-4-10)11(15)14-7-12(16)5-6-17-8-12/h1-4,16H,5-8H2,(H,14,15). The van der Waals surface area contributed by atoms with Crippen molar-refractivity contribution in [2.75, 3.05) is 19.8 Å². The fourth-order valence-corrected chi connectivity index (χ4v) is 1.95. The van der Waals surface area contributed by atoms with Gasteiger partial charge in [-0.25, -0.2) is 0 Å². The van der Waals surface area contributed by atoms with Crippen LogP contribution in [0.15, 0.2) is 28.7 Å². The SMILES string of the molecule is O=C(NCC1(O)CCOC1)c1ccc(Br)cc1. The van der Waals surface area contributed by atoms with Crippen LogP contribution in [-0.2, 0) is 4.74 Å². The van der Waals surface area contributed by atoms with Crippen molar-refractivity contribution in [3.63, 3.8) is 0 Å². The molecule has 5 heteroatoms. The zero-order valence-electron chi connectivity index (χ0n) is 9.28. The lowest BCUT2D eigenvalue weighted by Crippen LogP contribution is -2.43. The second-order valence-electron chi connectivity index (χ2n) is 4.22. The smallest absolute Gasteiger partial charge is 0.251 e. The van der Waals surface area contributed by atoms with Crippen LogP contribution in [0.3, 0.4) is 0 Å². The van der Waals surface area contributed by atoms with Gasteiger partial charge in [0.05, 0.1) is 6.61 Å². The van der Waals surface area contributed by atoms with Crippen molar-refractivity contribution < 1.29 is 14.6 Å². The quantitative estimate of drug-likeness (QED) is 0.885. The molecule has 0 radical (unpaired) electrons. The molecule has 1 heterocycles. The van der Waals surface area contributed by atoms with Crippen LogP contribution >= 0.6 is 15.9 Å². The van der Waals surface area contributed by atoms with Crippen LogP contribution in [-0.4, -0.2) is 36.4 Å². The first kappa shape index (κ1) is 12.5. The van der Waals surface area contributed by atoms with Crippen LogP contribution in [0.2, 0.25) is 0 Å². The maximum absolute atomic E-state index is 11.8. The summed E-state index contributed by atoms with van der Waals surface area (Å²) in [6, 6.07) is 7.08. The number of halogens is 1. The number of carbonyl (C=O) groups is 1. The first-order valence-corrected chi connectivity index (χ1v) is 6.22. The van der Waals surface area contributed by atoms with Gasteiger partial charge in [-0.05, 0) is 24.3 Å². The van der Waals surface area contributed by atoms with Crippen LogP contribution in [0.4, 0.5) is 0 Å². The van der Waals surface area contributed by atoms with Crippen LogP contribution in [0.5, 0.6) is 0 Å². The molecule has 0 bridgehead atoms. The van der Waals surface area contributed by atoms with Gasteiger partial charge in [0.1, 0.15) is 5.60 Å². The molecule has 1 aromatic rings. The largest absolute Gasteiger partial charge is 0.386 e. The van der Waals surface area contributed by atoms with Gasteiger partial charge in [-0.2, -0.15) is 0 Å². The van der Waals surface area contributed by atoms with Gasteiger partial charge in [0, 0.05) is 29.6 Å². The van der Waals surface area contributed by atoms with E-state index in [2.05, 4.69) is 21.2 Å². The molecule has 1 unspecified atom stereocenters. The molecule has 0 saturated carbocycles. The number of amides is 1. The minimum absolute atomic E-state index is 0.183. The van der Waals surface area contributed by atoms with E-state index in [0.717, 1.165) is 4.47 Å². The Kier molecular flexibility index (Phi) is 3.81. The summed E-state index contributed by atoms with van der Waals surface area (Å²) in [5.74, 6) is -0.183. The molecule has 1 amide bonds. The molecule has 0 aromatic heterocycles. The third-order valence-corrected chi connectivity index (χ3v) is 3.30. The molecule has 1 aliphatic heterocycles. The molecule has 92 valence electrons. The molecule has 2 rings (SSSR count). The Morgan fingerprint density at radius 1 is 1.47 bits per heavy atom. The summed E-state index contributed by atoms with van der Waals surface area (Å²) in [6.07, 6.45) is 0.563. The van der Waals surface area contributed by atoms with E-state index < -0.39 is 5.60 Å². The van der Waals surface area contributed by atoms with Crippen molar-refractivity contribution >= 4 is 21.8 Å². The van der Waals surface area contributed by atoms with Gasteiger partial charge in [0.15, 0.2) is 0 Å². The van der Waals surface area contributed by atoms with Gasteiger partial charge in [-0.3, -0.25) is 4.79 Å². The summed E-state index contributed by atoms with van der Waals surface area (Å²) in [4.78, 5) is 11.8. The van der Waals surface area contributed by atoms with Crippen molar-refractivity contribution in [2.24, 2.45) is 0 Å². The second kappa shape index (κ2) is 5.16. The molecule has 0 spiro atoms. The highest BCUT2D eigenvalue weighted by Gasteiger charge is 2.32. The lowest BCUT2D eigenvalue weighted by molar-refractivity contribution is 0.0264. The Hall–Kier alpha value is -0.910. The molecule has 4 nitrogen and oxygen atoms in total. The lowest BCUT2D eigenvalue weighted by Gasteiger charge is -2.20. The molecular formula is C12H14BrNO3. The average molecular weight is 300 g/mol. The van der Waals surface area contributed by atoms with Gasteiger partial charge in [-0.1, -0.05) is 15.9 Å². The minimum atomic E-state index is -0.912. The molecular weight excluding hydrogens is 286 g/mol. The van der Waals surface area contributed by atoms with Crippen LogP contribution < -0.4 is 5.32 Å². The molecule has 1 fully saturated rings. The summed E-state index contributed by atoms with van der Waals surface area (Å²) in [5.41, 5.74) is -0.332. The first-order chi connectivity index (χ1) is 8.09. The number of aliphatic hydroxyl groups is 1. The van der Waals surface area contributed by atoms with E-state index in [1.54, 1.807) is 12.1 Å². The van der Waals surface area contributed by atoms with Gasteiger partial charge in [0.25, 0.3) is 5.91 Å². The monoisotopic (exact) mass is 299 g/mol. The normalized spacial score (nSPS) is 23.6. The van der Waals surface area contributed by atoms with Crippen LogP contribution in [0.1, 0.15) is 16.8 Å². The number of benzene rings is 1. The first-order valence-electron chi connectivity index (χ1n) is 5.43. The fourth-order valence-electron chi connectivity index (χ4n) is 1.68. The van der Waals surface area contributed by atoms with Crippen LogP contribution in [0.25, 0.3) is 0 Å². The zero-order chi connectivity index (χ0) is 12.3. The zero-order valence-corrected chi connectivity index (χ0v) is 10.9. The highest BCUT2D eigenvalue weighted by molar-refractivity contribution is 9.10. The minimum Gasteiger partial charge on any atom is -0.386 e. The summed E-state index contributed by atoms with van der Waals surface area (Å²) in [7, 11) is 0. The fraction of sp³-hybridized carbons (Fsp3) is 0.417. The number of hydrogen-bond donors (Lipinski definition) is 2. The molecule has 17 heavy (non-hydrogen) atoms. The summed E-state index contributed by atoms with van der Waals surface area (Å²) in [6.45, 7) is 1.06.